The van der Waals surface area contributed by atoms with Crippen molar-refractivity contribution in [3.05, 3.63) is 0 Å². The van der Waals surface area contributed by atoms with E-state index in [2.05, 4.69) is 11.8 Å². The normalized spacial score (nSPS) is 21.3. The number of hydrogen-bond acceptors (Lipinski definition) is 2. The van der Waals surface area contributed by atoms with Gasteiger partial charge in [0.15, 0.2) is 0 Å². The highest BCUT2D eigenvalue weighted by molar-refractivity contribution is 4.73. The molecule has 1 fully saturated rings. The van der Waals surface area contributed by atoms with Gasteiger partial charge in [0.2, 0.25) is 0 Å². The zero-order valence-electron chi connectivity index (χ0n) is 12.5. The minimum absolute atomic E-state index is 0.871. The minimum atomic E-state index is 0.871. The van der Waals surface area contributed by atoms with Crippen molar-refractivity contribution >= 4 is 0 Å². The van der Waals surface area contributed by atoms with Crippen molar-refractivity contribution in [1.29, 1.82) is 0 Å². The van der Waals surface area contributed by atoms with Crippen molar-refractivity contribution in [2.75, 3.05) is 26.2 Å². The molecular weight excluding hydrogens is 220 g/mol. The fourth-order valence-corrected chi connectivity index (χ4v) is 3.12. The summed E-state index contributed by atoms with van der Waals surface area (Å²) in [6, 6.07) is 0. The van der Waals surface area contributed by atoms with E-state index in [1.54, 1.807) is 0 Å². The average molecular weight is 254 g/mol. The van der Waals surface area contributed by atoms with Crippen molar-refractivity contribution in [1.82, 2.24) is 4.90 Å². The van der Waals surface area contributed by atoms with Crippen LogP contribution >= 0.6 is 0 Å². The third kappa shape index (κ3) is 7.38. The van der Waals surface area contributed by atoms with Crippen LogP contribution in [0, 0.1) is 5.92 Å². The first-order chi connectivity index (χ1) is 8.86. The molecule has 0 amide bonds. The molecule has 0 spiro atoms. The van der Waals surface area contributed by atoms with Gasteiger partial charge in [-0.2, -0.15) is 0 Å². The Morgan fingerprint density at radius 2 is 1.78 bits per heavy atom. The van der Waals surface area contributed by atoms with Crippen LogP contribution < -0.4 is 5.73 Å². The maximum atomic E-state index is 5.67. The van der Waals surface area contributed by atoms with Gasteiger partial charge in [0.1, 0.15) is 0 Å². The van der Waals surface area contributed by atoms with E-state index >= 15 is 0 Å². The van der Waals surface area contributed by atoms with E-state index in [-0.39, 0.29) is 0 Å². The summed E-state index contributed by atoms with van der Waals surface area (Å²) in [5.74, 6) is 0.883. The Balaban J connectivity index is 1.94. The van der Waals surface area contributed by atoms with E-state index in [4.69, 9.17) is 5.73 Å². The number of nitrogens with two attached hydrogens (primary N) is 1. The third-order valence-electron chi connectivity index (χ3n) is 4.26. The largest absolute Gasteiger partial charge is 0.330 e. The van der Waals surface area contributed by atoms with E-state index in [1.165, 1.54) is 83.8 Å². The summed E-state index contributed by atoms with van der Waals surface area (Å²) in [7, 11) is 0. The Bertz CT molecular complexity index is 180. The maximum Gasteiger partial charge on any atom is 0.00101 e. The molecule has 0 saturated carbocycles. The molecule has 1 unspecified atom stereocenters. The number of rotatable bonds is 10. The molecule has 18 heavy (non-hydrogen) atoms. The summed E-state index contributed by atoms with van der Waals surface area (Å²) in [5.41, 5.74) is 5.67. The van der Waals surface area contributed by atoms with Crippen molar-refractivity contribution in [3.63, 3.8) is 0 Å². The van der Waals surface area contributed by atoms with E-state index in [0.29, 0.717) is 0 Å². The number of nitrogens with zero attached hydrogens (tertiary/aromatic N) is 1. The third-order valence-corrected chi connectivity index (χ3v) is 4.26. The molecule has 0 aromatic rings. The standard InChI is InChI=1S/C16H34N2/c1-2-3-4-5-6-7-8-13-18-14-9-10-16(15-18)11-12-17/h16H,2-15,17H2,1H3. The zero-order valence-corrected chi connectivity index (χ0v) is 12.5. The molecule has 2 N–H and O–H groups in total. The molecule has 1 saturated heterocycles. The van der Waals surface area contributed by atoms with Gasteiger partial charge in [-0.05, 0) is 51.2 Å². The monoisotopic (exact) mass is 254 g/mol. The Morgan fingerprint density at radius 1 is 1.06 bits per heavy atom. The predicted molar refractivity (Wildman–Crippen MR) is 80.8 cm³/mol. The van der Waals surface area contributed by atoms with Gasteiger partial charge < -0.3 is 10.6 Å². The number of hydrogen-bond donors (Lipinski definition) is 1. The van der Waals surface area contributed by atoms with E-state index in [9.17, 15) is 0 Å². The molecule has 1 atom stereocenters. The Kier molecular flexibility index (Phi) is 9.59. The highest BCUT2D eigenvalue weighted by atomic mass is 15.1. The van der Waals surface area contributed by atoms with Crippen LogP contribution in [0.2, 0.25) is 0 Å². The second kappa shape index (κ2) is 10.8. The molecule has 2 nitrogen and oxygen atoms in total. The van der Waals surface area contributed by atoms with E-state index in [1.807, 2.05) is 0 Å². The van der Waals surface area contributed by atoms with Gasteiger partial charge >= 0.3 is 0 Å². The first-order valence-corrected chi connectivity index (χ1v) is 8.29. The van der Waals surface area contributed by atoms with Crippen LogP contribution in [0.1, 0.15) is 71.1 Å². The highest BCUT2D eigenvalue weighted by Gasteiger charge is 2.18. The second-order valence-electron chi connectivity index (χ2n) is 6.01. The molecule has 2 heteroatoms. The molecule has 1 aliphatic heterocycles. The fraction of sp³-hybridized carbons (Fsp3) is 1.00. The smallest absolute Gasteiger partial charge is 0.00101 e. The molecule has 1 heterocycles. The Labute approximate surface area is 114 Å². The quantitative estimate of drug-likeness (QED) is 0.601. The van der Waals surface area contributed by atoms with Gasteiger partial charge in [-0.25, -0.2) is 0 Å². The van der Waals surface area contributed by atoms with Gasteiger partial charge in [0.05, 0.1) is 0 Å². The van der Waals surface area contributed by atoms with Crippen LogP contribution in [0.4, 0.5) is 0 Å². The van der Waals surface area contributed by atoms with Gasteiger partial charge in [-0.3, -0.25) is 0 Å². The molecule has 0 aromatic carbocycles. The van der Waals surface area contributed by atoms with Crippen LogP contribution in [0.25, 0.3) is 0 Å². The number of piperidine rings is 1. The van der Waals surface area contributed by atoms with Crippen LogP contribution in [0.3, 0.4) is 0 Å². The summed E-state index contributed by atoms with van der Waals surface area (Å²) >= 11 is 0. The van der Waals surface area contributed by atoms with Crippen LogP contribution in [-0.4, -0.2) is 31.1 Å². The fourth-order valence-electron chi connectivity index (χ4n) is 3.12. The van der Waals surface area contributed by atoms with Gasteiger partial charge in [-0.15, -0.1) is 0 Å². The summed E-state index contributed by atoms with van der Waals surface area (Å²) < 4.78 is 0. The summed E-state index contributed by atoms with van der Waals surface area (Å²) in [5, 5.41) is 0. The predicted octanol–water partition coefficient (Wildman–Crippen LogP) is 3.80. The van der Waals surface area contributed by atoms with Crippen molar-refractivity contribution in [3.8, 4) is 0 Å². The molecule has 1 rings (SSSR count). The van der Waals surface area contributed by atoms with Crippen LogP contribution in [-0.2, 0) is 0 Å². The molecule has 0 radical (unpaired) electrons. The number of likely N-dealkylation sites (tertiary alicyclic amines) is 1. The van der Waals surface area contributed by atoms with Crippen molar-refractivity contribution in [2.24, 2.45) is 11.7 Å². The molecule has 0 bridgehead atoms. The Morgan fingerprint density at radius 3 is 2.50 bits per heavy atom. The lowest BCUT2D eigenvalue weighted by molar-refractivity contribution is 0.167. The lowest BCUT2D eigenvalue weighted by Crippen LogP contribution is -2.36. The summed E-state index contributed by atoms with van der Waals surface area (Å²) in [6.07, 6.45) is 14.0. The van der Waals surface area contributed by atoms with E-state index in [0.717, 1.165) is 12.5 Å². The summed E-state index contributed by atoms with van der Waals surface area (Å²) in [6.45, 7) is 7.13. The highest BCUT2D eigenvalue weighted by Crippen LogP contribution is 2.19. The average Bonchev–Trinajstić information content (AvgIpc) is 2.39. The van der Waals surface area contributed by atoms with Crippen LogP contribution in [0.5, 0.6) is 0 Å². The zero-order chi connectivity index (χ0) is 13.1. The molecule has 0 aliphatic carbocycles. The Hall–Kier alpha value is -0.0800. The van der Waals surface area contributed by atoms with Gasteiger partial charge in [-0.1, -0.05) is 45.4 Å². The van der Waals surface area contributed by atoms with E-state index < -0.39 is 0 Å². The molecule has 108 valence electrons. The maximum absolute atomic E-state index is 5.67. The lowest BCUT2D eigenvalue weighted by Gasteiger charge is -2.32. The topological polar surface area (TPSA) is 29.3 Å². The van der Waals surface area contributed by atoms with Crippen molar-refractivity contribution in [2.45, 2.75) is 71.1 Å². The lowest BCUT2D eigenvalue weighted by atomic mass is 9.94. The summed E-state index contributed by atoms with van der Waals surface area (Å²) in [4.78, 5) is 2.68. The number of unbranched alkanes of at least 4 members (excludes halogenated alkanes) is 6. The minimum Gasteiger partial charge on any atom is -0.330 e. The molecular formula is C16H34N2. The van der Waals surface area contributed by atoms with Crippen LogP contribution in [0.15, 0.2) is 0 Å². The SMILES string of the molecule is CCCCCCCCCN1CCCC(CCN)C1. The van der Waals surface area contributed by atoms with Crippen molar-refractivity contribution < 1.29 is 0 Å². The molecule has 1 aliphatic rings. The first-order valence-electron chi connectivity index (χ1n) is 8.29. The first kappa shape index (κ1) is 16.0. The second-order valence-corrected chi connectivity index (χ2v) is 6.01. The molecule has 0 aromatic heterocycles. The van der Waals surface area contributed by atoms with Gasteiger partial charge in [0.25, 0.3) is 0 Å². The van der Waals surface area contributed by atoms with Gasteiger partial charge in [0, 0.05) is 6.54 Å².